The summed E-state index contributed by atoms with van der Waals surface area (Å²) in [7, 11) is 1.35. The fourth-order valence-electron chi connectivity index (χ4n) is 1.90. The van der Waals surface area contributed by atoms with E-state index in [4.69, 9.17) is 0 Å². The van der Waals surface area contributed by atoms with E-state index in [0.717, 1.165) is 10.0 Å². The van der Waals surface area contributed by atoms with Crippen molar-refractivity contribution in [2.45, 2.75) is 13.1 Å². The topological polar surface area (TPSA) is 38.3 Å². The summed E-state index contributed by atoms with van der Waals surface area (Å²) in [6, 6.07) is 12.0. The van der Waals surface area contributed by atoms with E-state index < -0.39 is 0 Å². The minimum Gasteiger partial charge on any atom is -0.465 e. The molecule has 0 aromatic heterocycles. The Labute approximate surface area is 131 Å². The molecule has 0 aliphatic carbocycles. The number of halogens is 2. The van der Waals surface area contributed by atoms with Gasteiger partial charge in [-0.15, -0.1) is 0 Å². The number of rotatable bonds is 5. The first-order valence-corrected chi connectivity index (χ1v) is 7.21. The van der Waals surface area contributed by atoms with Crippen molar-refractivity contribution in [2.75, 3.05) is 7.11 Å². The Hall–Kier alpha value is -1.72. The molecule has 21 heavy (non-hydrogen) atoms. The van der Waals surface area contributed by atoms with Crippen molar-refractivity contribution in [1.29, 1.82) is 0 Å². The first-order valence-electron chi connectivity index (χ1n) is 6.42. The van der Waals surface area contributed by atoms with Gasteiger partial charge in [0.1, 0.15) is 5.82 Å². The van der Waals surface area contributed by atoms with Crippen LogP contribution in [0.25, 0.3) is 0 Å². The maximum Gasteiger partial charge on any atom is 0.337 e. The Kier molecular flexibility index (Phi) is 5.47. The first-order chi connectivity index (χ1) is 10.1. The van der Waals surface area contributed by atoms with Gasteiger partial charge in [0.05, 0.1) is 12.7 Å². The lowest BCUT2D eigenvalue weighted by Gasteiger charge is -2.07. The van der Waals surface area contributed by atoms with E-state index in [1.54, 1.807) is 24.3 Å². The number of carbonyl (C=O) groups is 1. The number of esters is 1. The standard InChI is InChI=1S/C16H15BrFNO2/c1-21-16(20)12-4-2-11(3-5-12)9-19-10-13-8-14(17)6-7-15(13)18/h2-8,19H,9-10H2,1H3. The lowest BCUT2D eigenvalue weighted by Crippen LogP contribution is -2.14. The van der Waals surface area contributed by atoms with Gasteiger partial charge in [-0.1, -0.05) is 28.1 Å². The highest BCUT2D eigenvalue weighted by Gasteiger charge is 2.05. The van der Waals surface area contributed by atoms with Gasteiger partial charge in [0, 0.05) is 23.1 Å². The quantitative estimate of drug-likeness (QED) is 0.835. The summed E-state index contributed by atoms with van der Waals surface area (Å²) in [6.45, 7) is 1.03. The molecule has 0 fully saturated rings. The Bertz CT molecular complexity index is 629. The van der Waals surface area contributed by atoms with Crippen LogP contribution < -0.4 is 5.32 Å². The average molecular weight is 352 g/mol. The number of ether oxygens (including phenoxy) is 1. The molecule has 2 aromatic rings. The van der Waals surface area contributed by atoms with Crippen LogP contribution in [0.4, 0.5) is 4.39 Å². The Balaban J connectivity index is 1.91. The lowest BCUT2D eigenvalue weighted by atomic mass is 10.1. The zero-order valence-corrected chi connectivity index (χ0v) is 13.1. The molecular formula is C16H15BrFNO2. The summed E-state index contributed by atoms with van der Waals surface area (Å²) >= 11 is 3.32. The zero-order chi connectivity index (χ0) is 15.2. The van der Waals surface area contributed by atoms with Gasteiger partial charge in [0.15, 0.2) is 0 Å². The SMILES string of the molecule is COC(=O)c1ccc(CNCc2cc(Br)ccc2F)cc1. The van der Waals surface area contributed by atoms with Crippen molar-refractivity contribution in [3.63, 3.8) is 0 Å². The number of hydrogen-bond donors (Lipinski definition) is 1. The maximum atomic E-state index is 13.6. The average Bonchev–Trinajstić information content (AvgIpc) is 2.50. The predicted octanol–water partition coefficient (Wildman–Crippen LogP) is 3.66. The van der Waals surface area contributed by atoms with Crippen molar-refractivity contribution in [1.82, 2.24) is 5.32 Å². The molecule has 2 aromatic carbocycles. The van der Waals surface area contributed by atoms with Crippen LogP contribution in [-0.2, 0) is 17.8 Å². The molecule has 2 rings (SSSR count). The summed E-state index contributed by atoms with van der Waals surface area (Å²) in [4.78, 5) is 11.3. The molecule has 0 saturated heterocycles. The van der Waals surface area contributed by atoms with Gasteiger partial charge in [-0.3, -0.25) is 0 Å². The second-order valence-corrected chi connectivity index (χ2v) is 5.44. The Morgan fingerprint density at radius 1 is 1.19 bits per heavy atom. The van der Waals surface area contributed by atoms with Crippen LogP contribution in [0.2, 0.25) is 0 Å². The molecule has 3 nitrogen and oxygen atoms in total. The molecule has 5 heteroatoms. The molecule has 0 bridgehead atoms. The van der Waals surface area contributed by atoms with E-state index in [1.807, 2.05) is 12.1 Å². The number of benzene rings is 2. The second-order valence-electron chi connectivity index (χ2n) is 4.53. The minimum absolute atomic E-state index is 0.230. The first kappa shape index (κ1) is 15.7. The summed E-state index contributed by atoms with van der Waals surface area (Å²) in [6.07, 6.45) is 0. The molecule has 110 valence electrons. The van der Waals surface area contributed by atoms with Gasteiger partial charge in [0.25, 0.3) is 0 Å². The number of carbonyl (C=O) groups excluding carboxylic acids is 1. The number of hydrogen-bond acceptors (Lipinski definition) is 3. The van der Waals surface area contributed by atoms with Gasteiger partial charge >= 0.3 is 5.97 Å². The van der Waals surface area contributed by atoms with Crippen LogP contribution >= 0.6 is 15.9 Å². The molecule has 0 aliphatic heterocycles. The fraction of sp³-hybridized carbons (Fsp3) is 0.188. The Morgan fingerprint density at radius 2 is 1.90 bits per heavy atom. The molecule has 0 aliphatic rings. The fourth-order valence-corrected chi connectivity index (χ4v) is 2.31. The predicted molar refractivity (Wildman–Crippen MR) is 82.4 cm³/mol. The Morgan fingerprint density at radius 3 is 2.57 bits per heavy atom. The van der Waals surface area contributed by atoms with Crippen LogP contribution in [0, 0.1) is 5.82 Å². The van der Waals surface area contributed by atoms with Gasteiger partial charge in [-0.2, -0.15) is 0 Å². The van der Waals surface area contributed by atoms with Gasteiger partial charge < -0.3 is 10.1 Å². The summed E-state index contributed by atoms with van der Waals surface area (Å²) < 4.78 is 19.1. The molecule has 1 N–H and O–H groups in total. The normalized spacial score (nSPS) is 10.4. The summed E-state index contributed by atoms with van der Waals surface area (Å²) in [5.74, 6) is -0.586. The van der Waals surface area contributed by atoms with Crippen LogP contribution in [0.15, 0.2) is 46.9 Å². The molecule has 0 spiro atoms. The van der Waals surface area contributed by atoms with E-state index >= 15 is 0 Å². The van der Waals surface area contributed by atoms with E-state index in [1.165, 1.54) is 13.2 Å². The largest absolute Gasteiger partial charge is 0.465 e. The maximum absolute atomic E-state index is 13.6. The van der Waals surface area contributed by atoms with Crippen LogP contribution in [0.3, 0.4) is 0 Å². The van der Waals surface area contributed by atoms with Gasteiger partial charge in [0.2, 0.25) is 0 Å². The van der Waals surface area contributed by atoms with Crippen molar-refractivity contribution in [3.8, 4) is 0 Å². The van der Waals surface area contributed by atoms with Crippen molar-refractivity contribution in [3.05, 3.63) is 69.4 Å². The second kappa shape index (κ2) is 7.33. The van der Waals surface area contributed by atoms with E-state index in [0.29, 0.717) is 24.2 Å². The summed E-state index contributed by atoms with van der Waals surface area (Å²) in [5.41, 5.74) is 2.13. The number of nitrogens with one attached hydrogen (secondary N) is 1. The van der Waals surface area contributed by atoms with Gasteiger partial charge in [-0.05, 0) is 35.9 Å². The molecule has 0 atom stereocenters. The lowest BCUT2D eigenvalue weighted by molar-refractivity contribution is 0.0600. The third kappa shape index (κ3) is 4.37. The highest BCUT2D eigenvalue weighted by molar-refractivity contribution is 9.10. The van der Waals surface area contributed by atoms with Gasteiger partial charge in [-0.25, -0.2) is 9.18 Å². The molecular weight excluding hydrogens is 337 g/mol. The zero-order valence-electron chi connectivity index (χ0n) is 11.5. The molecule has 0 amide bonds. The molecule has 0 radical (unpaired) electrons. The molecule has 0 saturated carbocycles. The van der Waals surface area contributed by atoms with Crippen LogP contribution in [0.5, 0.6) is 0 Å². The van der Waals surface area contributed by atoms with Crippen molar-refractivity contribution < 1.29 is 13.9 Å². The third-order valence-electron chi connectivity index (χ3n) is 3.03. The van der Waals surface area contributed by atoms with E-state index in [-0.39, 0.29) is 11.8 Å². The van der Waals surface area contributed by atoms with Crippen molar-refractivity contribution >= 4 is 21.9 Å². The van der Waals surface area contributed by atoms with E-state index in [9.17, 15) is 9.18 Å². The van der Waals surface area contributed by atoms with E-state index in [2.05, 4.69) is 26.0 Å². The van der Waals surface area contributed by atoms with Crippen LogP contribution in [-0.4, -0.2) is 13.1 Å². The summed E-state index contributed by atoms with van der Waals surface area (Å²) in [5, 5.41) is 3.17. The molecule has 0 heterocycles. The minimum atomic E-state index is -0.356. The highest BCUT2D eigenvalue weighted by Crippen LogP contribution is 2.15. The smallest absolute Gasteiger partial charge is 0.337 e. The monoisotopic (exact) mass is 351 g/mol. The highest BCUT2D eigenvalue weighted by atomic mass is 79.9. The third-order valence-corrected chi connectivity index (χ3v) is 3.52. The van der Waals surface area contributed by atoms with Crippen molar-refractivity contribution in [2.24, 2.45) is 0 Å². The number of methoxy groups -OCH3 is 1. The molecule has 0 unspecified atom stereocenters. The van der Waals surface area contributed by atoms with Crippen LogP contribution in [0.1, 0.15) is 21.5 Å².